The molecule has 1 heterocycles. The van der Waals surface area contributed by atoms with Crippen LogP contribution in [0.3, 0.4) is 0 Å². The van der Waals surface area contributed by atoms with Gasteiger partial charge in [-0.25, -0.2) is 4.39 Å². The van der Waals surface area contributed by atoms with Crippen molar-refractivity contribution in [3.05, 3.63) is 54.9 Å². The number of nitrogens with zero attached hydrogens (tertiary/aromatic N) is 1. The summed E-state index contributed by atoms with van der Waals surface area (Å²) in [7, 11) is 0. The monoisotopic (exact) mass is 344 g/mol. The summed E-state index contributed by atoms with van der Waals surface area (Å²) in [5.74, 6) is -1.45. The first-order valence-electron chi connectivity index (χ1n) is 4.97. The quantitative estimate of drug-likeness (QED) is 0.679. The van der Waals surface area contributed by atoms with Gasteiger partial charge in [-0.15, -0.1) is 11.3 Å². The fourth-order valence-electron chi connectivity index (χ4n) is 1.40. The average Bonchev–Trinajstić information content (AvgIpc) is 2.78. The van der Waals surface area contributed by atoms with Gasteiger partial charge in [0.2, 0.25) is 0 Å². The third-order valence-corrected chi connectivity index (χ3v) is 3.76. The molecule has 0 unspecified atom stereocenters. The molecule has 0 radical (unpaired) electrons. The van der Waals surface area contributed by atoms with Crippen molar-refractivity contribution < 1.29 is 14.1 Å². The van der Waals surface area contributed by atoms with Crippen LogP contribution in [0.5, 0.6) is 0 Å². The molecule has 0 bridgehead atoms. The molecule has 1 aromatic carbocycles. The average molecular weight is 345 g/mol. The highest BCUT2D eigenvalue weighted by molar-refractivity contribution is 9.11. The van der Waals surface area contributed by atoms with Crippen LogP contribution >= 0.6 is 27.3 Å². The number of thiophene rings is 1. The maximum Gasteiger partial charge on any atom is 0.295 e. The zero-order valence-electron chi connectivity index (χ0n) is 9.22. The maximum atomic E-state index is 13.6. The summed E-state index contributed by atoms with van der Waals surface area (Å²) < 4.78 is 14.3. The number of rotatable bonds is 3. The van der Waals surface area contributed by atoms with Gasteiger partial charge in [0.25, 0.3) is 11.6 Å². The Hall–Kier alpha value is -1.80. The van der Waals surface area contributed by atoms with E-state index in [0.717, 1.165) is 15.9 Å². The lowest BCUT2D eigenvalue weighted by molar-refractivity contribution is -0.384. The molecule has 2 aromatic rings. The molecule has 0 fully saturated rings. The first kappa shape index (κ1) is 13.6. The molecule has 1 N–H and O–H groups in total. The Morgan fingerprint density at radius 2 is 2.21 bits per heavy atom. The molecule has 19 heavy (non-hydrogen) atoms. The van der Waals surface area contributed by atoms with Gasteiger partial charge in [0, 0.05) is 11.4 Å². The van der Waals surface area contributed by atoms with E-state index in [1.54, 1.807) is 11.4 Å². The lowest BCUT2D eigenvalue weighted by atomic mass is 10.2. The van der Waals surface area contributed by atoms with E-state index in [0.29, 0.717) is 5.56 Å². The summed E-state index contributed by atoms with van der Waals surface area (Å²) in [5.41, 5.74) is -0.614. The van der Waals surface area contributed by atoms with Crippen molar-refractivity contribution in [1.29, 1.82) is 0 Å². The van der Waals surface area contributed by atoms with Gasteiger partial charge in [-0.2, -0.15) is 0 Å². The SMILES string of the molecule is O=C(Nc1c(F)cccc1[N+](=O)[O-])c1csc(Br)c1. The number of para-hydroxylation sites is 1. The molecule has 0 aliphatic rings. The number of carbonyl (C=O) groups excluding carboxylic acids is 1. The molecule has 0 spiro atoms. The number of hydrogen-bond acceptors (Lipinski definition) is 4. The van der Waals surface area contributed by atoms with Crippen LogP contribution in [-0.4, -0.2) is 10.8 Å². The van der Waals surface area contributed by atoms with Gasteiger partial charge in [-0.3, -0.25) is 14.9 Å². The fraction of sp³-hybridized carbons (Fsp3) is 0. The van der Waals surface area contributed by atoms with Crippen LogP contribution in [0.2, 0.25) is 0 Å². The second-order valence-corrected chi connectivity index (χ2v) is 5.78. The predicted molar refractivity (Wildman–Crippen MR) is 73.0 cm³/mol. The minimum absolute atomic E-state index is 0.300. The van der Waals surface area contributed by atoms with Crippen LogP contribution in [0.15, 0.2) is 33.4 Å². The van der Waals surface area contributed by atoms with E-state index in [1.807, 2.05) is 0 Å². The molecule has 98 valence electrons. The molecular formula is C11H6BrFN2O3S. The van der Waals surface area contributed by atoms with Crippen molar-refractivity contribution in [3.63, 3.8) is 0 Å². The van der Waals surface area contributed by atoms with E-state index in [9.17, 15) is 19.3 Å². The predicted octanol–water partition coefficient (Wildman–Crippen LogP) is 3.81. The number of anilines is 1. The van der Waals surface area contributed by atoms with E-state index in [2.05, 4.69) is 21.2 Å². The first-order valence-corrected chi connectivity index (χ1v) is 6.64. The normalized spacial score (nSPS) is 10.2. The van der Waals surface area contributed by atoms with Crippen LogP contribution in [0.1, 0.15) is 10.4 Å². The first-order chi connectivity index (χ1) is 8.99. The topological polar surface area (TPSA) is 72.2 Å². The maximum absolute atomic E-state index is 13.6. The summed E-state index contributed by atoms with van der Waals surface area (Å²) in [5, 5.41) is 14.6. The number of benzene rings is 1. The van der Waals surface area contributed by atoms with Crippen molar-refractivity contribution in [1.82, 2.24) is 0 Å². The molecule has 0 saturated carbocycles. The molecule has 5 nitrogen and oxygen atoms in total. The summed E-state index contributed by atoms with van der Waals surface area (Å²) >= 11 is 4.48. The fourth-order valence-corrected chi connectivity index (χ4v) is 2.54. The van der Waals surface area contributed by atoms with Gasteiger partial charge in [0.1, 0.15) is 0 Å². The molecular weight excluding hydrogens is 339 g/mol. The van der Waals surface area contributed by atoms with E-state index in [-0.39, 0.29) is 0 Å². The number of carbonyl (C=O) groups is 1. The van der Waals surface area contributed by atoms with Gasteiger partial charge in [-0.05, 0) is 28.1 Å². The highest BCUT2D eigenvalue weighted by Gasteiger charge is 2.20. The third kappa shape index (κ3) is 2.96. The molecule has 0 aliphatic carbocycles. The summed E-state index contributed by atoms with van der Waals surface area (Å²) in [6, 6.07) is 4.94. The second-order valence-electron chi connectivity index (χ2n) is 3.48. The van der Waals surface area contributed by atoms with Crippen molar-refractivity contribution >= 4 is 44.5 Å². The minimum Gasteiger partial charge on any atom is -0.314 e. The number of hydrogen-bond donors (Lipinski definition) is 1. The Bertz CT molecular complexity index is 659. The second kappa shape index (κ2) is 5.45. The number of nitro benzene ring substituents is 1. The van der Waals surface area contributed by atoms with Gasteiger partial charge in [-0.1, -0.05) is 6.07 Å². The Balaban J connectivity index is 2.33. The Morgan fingerprint density at radius 1 is 1.47 bits per heavy atom. The summed E-state index contributed by atoms with van der Waals surface area (Å²) in [6.07, 6.45) is 0. The molecule has 1 aromatic heterocycles. The molecule has 8 heteroatoms. The van der Waals surface area contributed by atoms with Gasteiger partial charge in [0.15, 0.2) is 11.5 Å². The summed E-state index contributed by atoms with van der Waals surface area (Å²) in [4.78, 5) is 21.9. The van der Waals surface area contributed by atoms with Crippen LogP contribution in [-0.2, 0) is 0 Å². The number of amides is 1. The van der Waals surface area contributed by atoms with Gasteiger partial charge in [0.05, 0.1) is 14.3 Å². The van der Waals surface area contributed by atoms with E-state index in [4.69, 9.17) is 0 Å². The zero-order chi connectivity index (χ0) is 14.0. The Labute approximate surface area is 119 Å². The highest BCUT2D eigenvalue weighted by Crippen LogP contribution is 2.28. The lowest BCUT2D eigenvalue weighted by Gasteiger charge is -2.05. The number of halogens is 2. The highest BCUT2D eigenvalue weighted by atomic mass is 79.9. The molecule has 0 aliphatic heterocycles. The van der Waals surface area contributed by atoms with Crippen molar-refractivity contribution in [2.45, 2.75) is 0 Å². The van der Waals surface area contributed by atoms with Crippen LogP contribution in [0, 0.1) is 15.9 Å². The van der Waals surface area contributed by atoms with Crippen molar-refractivity contribution in [2.75, 3.05) is 5.32 Å². The number of nitrogens with one attached hydrogen (secondary N) is 1. The lowest BCUT2D eigenvalue weighted by Crippen LogP contribution is -2.13. The largest absolute Gasteiger partial charge is 0.314 e. The van der Waals surface area contributed by atoms with E-state index in [1.165, 1.54) is 17.4 Å². The van der Waals surface area contributed by atoms with E-state index < -0.39 is 28.0 Å². The minimum atomic E-state index is -0.850. The van der Waals surface area contributed by atoms with Crippen molar-refractivity contribution in [3.8, 4) is 0 Å². The standard InChI is InChI=1S/C11H6BrFN2O3S/c12-9-4-6(5-19-9)11(16)14-10-7(13)2-1-3-8(10)15(17)18/h1-5H,(H,14,16). The molecule has 0 atom stereocenters. The van der Waals surface area contributed by atoms with Gasteiger partial charge < -0.3 is 5.32 Å². The molecule has 0 saturated heterocycles. The Morgan fingerprint density at radius 3 is 2.79 bits per heavy atom. The van der Waals surface area contributed by atoms with Crippen molar-refractivity contribution in [2.24, 2.45) is 0 Å². The molecule has 1 amide bonds. The number of nitro groups is 1. The molecule has 2 rings (SSSR count). The van der Waals surface area contributed by atoms with Crippen LogP contribution in [0.4, 0.5) is 15.8 Å². The smallest absolute Gasteiger partial charge is 0.295 e. The van der Waals surface area contributed by atoms with Crippen LogP contribution in [0.25, 0.3) is 0 Å². The zero-order valence-corrected chi connectivity index (χ0v) is 11.6. The Kier molecular flexibility index (Phi) is 3.91. The van der Waals surface area contributed by atoms with E-state index >= 15 is 0 Å². The van der Waals surface area contributed by atoms with Gasteiger partial charge >= 0.3 is 0 Å². The summed E-state index contributed by atoms with van der Waals surface area (Å²) in [6.45, 7) is 0. The van der Waals surface area contributed by atoms with Crippen LogP contribution < -0.4 is 5.32 Å². The third-order valence-electron chi connectivity index (χ3n) is 2.26.